The Kier molecular flexibility index (Phi) is 3.84. The van der Waals surface area contributed by atoms with E-state index in [4.69, 9.17) is 5.73 Å². The van der Waals surface area contributed by atoms with E-state index in [2.05, 4.69) is 14.3 Å². The highest BCUT2D eigenvalue weighted by Gasteiger charge is 2.25. The molecule has 5 nitrogen and oxygen atoms in total. The first kappa shape index (κ1) is 13.3. The molecule has 0 amide bonds. The summed E-state index contributed by atoms with van der Waals surface area (Å²) in [5.41, 5.74) is 8.02. The van der Waals surface area contributed by atoms with E-state index in [1.807, 2.05) is 18.3 Å². The molecular weight excluding hydrogens is 272 g/mol. The van der Waals surface area contributed by atoms with Crippen LogP contribution in [0.5, 0.6) is 0 Å². The van der Waals surface area contributed by atoms with E-state index in [1.165, 1.54) is 11.5 Å². The van der Waals surface area contributed by atoms with E-state index in [1.54, 1.807) is 6.20 Å². The molecule has 1 atom stereocenters. The fourth-order valence-electron chi connectivity index (χ4n) is 2.69. The lowest BCUT2D eigenvalue weighted by atomic mass is 9.98. The van der Waals surface area contributed by atoms with Crippen molar-refractivity contribution in [1.29, 1.82) is 0 Å². The number of nitrogen functional groups attached to an aromatic ring is 1. The standard InChI is InChI=1S/C14H18N4OS/c15-13-12(11-4-1-5-16-7-11)14(20-17-13)18-6-2-3-10(8-18)9-19/h1,4-5,7,10,19H,2-3,6,8-9H2,(H2,15,17). The molecule has 2 aromatic heterocycles. The van der Waals surface area contributed by atoms with Crippen LogP contribution in [0.3, 0.4) is 0 Å². The first-order valence-corrected chi connectivity index (χ1v) is 7.58. The number of hydrogen-bond acceptors (Lipinski definition) is 6. The Balaban J connectivity index is 1.95. The Labute approximate surface area is 122 Å². The predicted octanol–water partition coefficient (Wildman–Crippen LogP) is 2.00. The van der Waals surface area contributed by atoms with Gasteiger partial charge in [-0.1, -0.05) is 6.07 Å². The summed E-state index contributed by atoms with van der Waals surface area (Å²) in [7, 11) is 0. The fourth-order valence-corrected chi connectivity index (χ4v) is 3.56. The van der Waals surface area contributed by atoms with Gasteiger partial charge in [-0.3, -0.25) is 4.98 Å². The van der Waals surface area contributed by atoms with Crippen LogP contribution >= 0.6 is 11.5 Å². The molecule has 0 aromatic carbocycles. The average molecular weight is 290 g/mol. The van der Waals surface area contributed by atoms with Crippen LogP contribution in [0.25, 0.3) is 11.1 Å². The van der Waals surface area contributed by atoms with E-state index in [0.717, 1.165) is 42.1 Å². The number of nitrogens with two attached hydrogens (primary N) is 1. The molecule has 3 rings (SSSR count). The van der Waals surface area contributed by atoms with Crippen molar-refractivity contribution in [2.45, 2.75) is 12.8 Å². The molecule has 0 saturated carbocycles. The topological polar surface area (TPSA) is 75.3 Å². The number of aliphatic hydroxyl groups excluding tert-OH is 1. The highest BCUT2D eigenvalue weighted by molar-refractivity contribution is 7.11. The minimum atomic E-state index is 0.243. The molecule has 106 valence electrons. The molecule has 1 unspecified atom stereocenters. The Morgan fingerprint density at radius 1 is 1.50 bits per heavy atom. The zero-order valence-corrected chi connectivity index (χ0v) is 12.0. The van der Waals surface area contributed by atoms with Gasteiger partial charge in [-0.05, 0) is 36.4 Å². The van der Waals surface area contributed by atoms with E-state index in [-0.39, 0.29) is 6.61 Å². The van der Waals surface area contributed by atoms with Gasteiger partial charge >= 0.3 is 0 Å². The summed E-state index contributed by atoms with van der Waals surface area (Å²) in [4.78, 5) is 6.45. The highest BCUT2D eigenvalue weighted by atomic mass is 32.1. The molecule has 0 bridgehead atoms. The summed E-state index contributed by atoms with van der Waals surface area (Å²) in [6.45, 7) is 2.10. The van der Waals surface area contributed by atoms with Gasteiger partial charge in [0.2, 0.25) is 0 Å². The van der Waals surface area contributed by atoms with Crippen molar-refractivity contribution in [2.24, 2.45) is 5.92 Å². The SMILES string of the molecule is Nc1nsc(N2CCCC(CO)C2)c1-c1cccnc1. The number of hydrogen-bond donors (Lipinski definition) is 2. The van der Waals surface area contributed by atoms with Crippen molar-refractivity contribution >= 4 is 22.4 Å². The minimum absolute atomic E-state index is 0.243. The largest absolute Gasteiger partial charge is 0.396 e. The van der Waals surface area contributed by atoms with Crippen LogP contribution in [-0.4, -0.2) is 34.2 Å². The maximum atomic E-state index is 9.37. The lowest BCUT2D eigenvalue weighted by molar-refractivity contribution is 0.209. The first-order chi connectivity index (χ1) is 9.79. The summed E-state index contributed by atoms with van der Waals surface area (Å²) in [5.74, 6) is 0.901. The molecule has 1 aliphatic rings. The zero-order chi connectivity index (χ0) is 13.9. The fraction of sp³-hybridized carbons (Fsp3) is 0.429. The minimum Gasteiger partial charge on any atom is -0.396 e. The predicted molar refractivity (Wildman–Crippen MR) is 81.8 cm³/mol. The molecule has 0 spiro atoms. The van der Waals surface area contributed by atoms with Gasteiger partial charge in [0, 0.05) is 37.7 Å². The van der Waals surface area contributed by atoms with Gasteiger partial charge in [-0.15, -0.1) is 0 Å². The summed E-state index contributed by atoms with van der Waals surface area (Å²) in [6, 6.07) is 3.91. The maximum Gasteiger partial charge on any atom is 0.147 e. The Hall–Kier alpha value is -1.66. The lowest BCUT2D eigenvalue weighted by Crippen LogP contribution is -2.36. The van der Waals surface area contributed by atoms with Crippen LogP contribution in [-0.2, 0) is 0 Å². The number of rotatable bonds is 3. The van der Waals surface area contributed by atoms with Gasteiger partial charge < -0.3 is 15.7 Å². The van der Waals surface area contributed by atoms with Crippen molar-refractivity contribution in [3.05, 3.63) is 24.5 Å². The van der Waals surface area contributed by atoms with Crippen molar-refractivity contribution in [3.63, 3.8) is 0 Å². The molecule has 2 aromatic rings. The number of pyridine rings is 1. The molecular formula is C14H18N4OS. The Morgan fingerprint density at radius 3 is 3.15 bits per heavy atom. The van der Waals surface area contributed by atoms with Gasteiger partial charge in [0.25, 0.3) is 0 Å². The Morgan fingerprint density at radius 2 is 2.40 bits per heavy atom. The average Bonchev–Trinajstić information content (AvgIpc) is 2.90. The van der Waals surface area contributed by atoms with Crippen LogP contribution in [0.1, 0.15) is 12.8 Å². The number of aliphatic hydroxyl groups is 1. The summed E-state index contributed by atoms with van der Waals surface area (Å²) >= 11 is 1.43. The number of piperidine rings is 1. The van der Waals surface area contributed by atoms with Crippen molar-refractivity contribution in [3.8, 4) is 11.1 Å². The van der Waals surface area contributed by atoms with E-state index < -0.39 is 0 Å². The zero-order valence-electron chi connectivity index (χ0n) is 11.2. The van der Waals surface area contributed by atoms with Crippen molar-refractivity contribution in [2.75, 3.05) is 30.3 Å². The van der Waals surface area contributed by atoms with Crippen LogP contribution in [0.4, 0.5) is 10.8 Å². The third-order valence-corrected chi connectivity index (χ3v) is 4.64. The molecule has 3 N–H and O–H groups in total. The quantitative estimate of drug-likeness (QED) is 0.904. The maximum absolute atomic E-state index is 9.37. The van der Waals surface area contributed by atoms with E-state index >= 15 is 0 Å². The van der Waals surface area contributed by atoms with Crippen LogP contribution in [0.15, 0.2) is 24.5 Å². The van der Waals surface area contributed by atoms with Gasteiger partial charge in [0.1, 0.15) is 10.8 Å². The van der Waals surface area contributed by atoms with Crippen LogP contribution < -0.4 is 10.6 Å². The van der Waals surface area contributed by atoms with Gasteiger partial charge in [-0.2, -0.15) is 4.37 Å². The smallest absolute Gasteiger partial charge is 0.147 e. The monoisotopic (exact) mass is 290 g/mol. The third-order valence-electron chi connectivity index (χ3n) is 3.72. The molecule has 20 heavy (non-hydrogen) atoms. The molecule has 1 aliphatic heterocycles. The van der Waals surface area contributed by atoms with Crippen LogP contribution in [0.2, 0.25) is 0 Å². The van der Waals surface area contributed by atoms with E-state index in [9.17, 15) is 5.11 Å². The molecule has 1 fully saturated rings. The summed E-state index contributed by atoms with van der Waals surface area (Å²) in [5, 5.41) is 10.5. The second-order valence-corrected chi connectivity index (χ2v) is 5.88. The molecule has 6 heteroatoms. The number of aromatic nitrogens is 2. The van der Waals surface area contributed by atoms with Crippen molar-refractivity contribution in [1.82, 2.24) is 9.36 Å². The first-order valence-electron chi connectivity index (χ1n) is 6.81. The summed E-state index contributed by atoms with van der Waals surface area (Å²) < 4.78 is 4.31. The van der Waals surface area contributed by atoms with E-state index in [0.29, 0.717) is 11.7 Å². The Bertz CT molecular complexity index is 572. The number of nitrogens with zero attached hydrogens (tertiary/aromatic N) is 3. The molecule has 1 saturated heterocycles. The van der Waals surface area contributed by atoms with Gasteiger partial charge in [0.05, 0.1) is 5.56 Å². The second-order valence-electron chi connectivity index (χ2n) is 5.13. The molecule has 3 heterocycles. The molecule has 0 aliphatic carbocycles. The van der Waals surface area contributed by atoms with Crippen LogP contribution in [0, 0.1) is 5.92 Å². The number of anilines is 2. The summed E-state index contributed by atoms with van der Waals surface area (Å²) in [6.07, 6.45) is 5.75. The van der Waals surface area contributed by atoms with Crippen molar-refractivity contribution < 1.29 is 5.11 Å². The lowest BCUT2D eigenvalue weighted by Gasteiger charge is -2.32. The highest BCUT2D eigenvalue weighted by Crippen LogP contribution is 2.40. The third kappa shape index (κ3) is 2.48. The molecule has 0 radical (unpaired) electrons. The van der Waals surface area contributed by atoms with Gasteiger partial charge in [-0.25, -0.2) is 0 Å². The second kappa shape index (κ2) is 5.76. The normalized spacial score (nSPS) is 19.2. The van der Waals surface area contributed by atoms with Gasteiger partial charge in [0.15, 0.2) is 0 Å².